The lowest BCUT2D eigenvalue weighted by Gasteiger charge is -2.11. The zero-order valence-electron chi connectivity index (χ0n) is 12.8. The lowest BCUT2D eigenvalue weighted by atomic mass is 10.2. The van der Waals surface area contributed by atoms with Crippen LogP contribution in [0.1, 0.15) is 30.1 Å². The first-order valence-electron chi connectivity index (χ1n) is 7.66. The Morgan fingerprint density at radius 2 is 1.96 bits per heavy atom. The molecule has 2 amide bonds. The van der Waals surface area contributed by atoms with Gasteiger partial charge in [-0.3, -0.25) is 0 Å². The molecule has 0 saturated heterocycles. The summed E-state index contributed by atoms with van der Waals surface area (Å²) >= 11 is 0. The van der Waals surface area contributed by atoms with E-state index < -0.39 is 17.8 Å². The summed E-state index contributed by atoms with van der Waals surface area (Å²) in [7, 11) is 0. The fourth-order valence-electron chi connectivity index (χ4n) is 2.42. The van der Waals surface area contributed by atoms with Gasteiger partial charge in [-0.25, -0.2) is 9.78 Å². The van der Waals surface area contributed by atoms with Crippen molar-refractivity contribution < 1.29 is 18.0 Å². The summed E-state index contributed by atoms with van der Waals surface area (Å²) in [6, 6.07) is 3.86. The molecule has 1 heterocycles. The Labute approximate surface area is 136 Å². The van der Waals surface area contributed by atoms with Gasteiger partial charge in [-0.05, 0) is 37.1 Å². The fraction of sp³-hybridized carbons (Fsp3) is 0.375. The van der Waals surface area contributed by atoms with Crippen LogP contribution in [-0.4, -0.2) is 22.1 Å². The van der Waals surface area contributed by atoms with E-state index in [9.17, 15) is 18.0 Å². The van der Waals surface area contributed by atoms with Crippen molar-refractivity contribution in [2.75, 3.05) is 11.9 Å². The van der Waals surface area contributed by atoms with Gasteiger partial charge in [0.1, 0.15) is 5.82 Å². The molecular weight excluding hydrogens is 321 g/mol. The number of hydrogen-bond acceptors (Lipinski definition) is 2. The van der Waals surface area contributed by atoms with Crippen LogP contribution < -0.4 is 10.6 Å². The van der Waals surface area contributed by atoms with E-state index in [0.717, 1.165) is 30.8 Å². The molecule has 0 spiro atoms. The molecule has 8 heteroatoms. The van der Waals surface area contributed by atoms with Crippen molar-refractivity contribution in [2.24, 2.45) is 0 Å². The van der Waals surface area contributed by atoms with Crippen LogP contribution in [-0.2, 0) is 12.7 Å². The van der Waals surface area contributed by atoms with Gasteiger partial charge in [0.15, 0.2) is 0 Å². The van der Waals surface area contributed by atoms with Crippen LogP contribution in [0.4, 0.5) is 23.7 Å². The first-order chi connectivity index (χ1) is 11.4. The molecule has 1 aromatic carbocycles. The number of imidazole rings is 1. The van der Waals surface area contributed by atoms with Gasteiger partial charge in [0.2, 0.25) is 0 Å². The van der Waals surface area contributed by atoms with E-state index in [1.807, 2.05) is 10.8 Å². The molecule has 1 fully saturated rings. The van der Waals surface area contributed by atoms with E-state index in [2.05, 4.69) is 15.6 Å². The van der Waals surface area contributed by atoms with Gasteiger partial charge in [-0.2, -0.15) is 13.2 Å². The molecule has 1 aromatic heterocycles. The lowest BCUT2D eigenvalue weighted by Crippen LogP contribution is -2.31. The number of rotatable bonds is 5. The number of urea groups is 1. The summed E-state index contributed by atoms with van der Waals surface area (Å²) in [6.07, 6.45) is 1.54. The number of nitrogens with one attached hydrogen (secondary N) is 2. The minimum Gasteiger partial charge on any atom is -0.336 e. The Hall–Kier alpha value is -2.51. The maximum absolute atomic E-state index is 12.5. The Balaban J connectivity index is 1.46. The summed E-state index contributed by atoms with van der Waals surface area (Å²) in [5.74, 6) is 1.57. The molecule has 5 nitrogen and oxygen atoms in total. The molecule has 3 rings (SSSR count). The minimum absolute atomic E-state index is 0.307. The highest BCUT2D eigenvalue weighted by Gasteiger charge is 2.30. The summed E-state index contributed by atoms with van der Waals surface area (Å²) in [4.78, 5) is 16.1. The predicted molar refractivity (Wildman–Crippen MR) is 82.7 cm³/mol. The maximum Gasteiger partial charge on any atom is 0.416 e. The van der Waals surface area contributed by atoms with Crippen molar-refractivity contribution in [3.8, 4) is 0 Å². The van der Waals surface area contributed by atoms with Gasteiger partial charge in [0, 0.05) is 37.1 Å². The molecule has 1 aliphatic carbocycles. The number of carbonyl (C=O) groups excluding carboxylic acids is 1. The molecule has 0 atom stereocenters. The molecule has 2 N–H and O–H groups in total. The first-order valence-corrected chi connectivity index (χ1v) is 7.66. The minimum atomic E-state index is -4.38. The quantitative estimate of drug-likeness (QED) is 0.875. The standard InChI is InChI=1S/C16H17F3N4O/c17-16(18,19)12-3-5-13(6-4-12)22-15(24)21-8-10-23-9-7-20-14(23)11-1-2-11/h3-7,9,11H,1-2,8,10H2,(H2,21,22,24). The monoisotopic (exact) mass is 338 g/mol. The van der Waals surface area contributed by atoms with Crippen LogP contribution in [0.2, 0.25) is 0 Å². The molecule has 1 saturated carbocycles. The van der Waals surface area contributed by atoms with Gasteiger partial charge >= 0.3 is 12.2 Å². The SMILES string of the molecule is O=C(NCCn1ccnc1C1CC1)Nc1ccc(C(F)(F)F)cc1. The number of benzene rings is 1. The highest BCUT2D eigenvalue weighted by atomic mass is 19.4. The molecule has 128 valence electrons. The zero-order chi connectivity index (χ0) is 17.2. The summed E-state index contributed by atoms with van der Waals surface area (Å²) in [5, 5.41) is 5.19. The molecule has 0 radical (unpaired) electrons. The number of halogens is 3. The lowest BCUT2D eigenvalue weighted by molar-refractivity contribution is -0.137. The van der Waals surface area contributed by atoms with Gasteiger partial charge in [-0.1, -0.05) is 0 Å². The van der Waals surface area contributed by atoms with E-state index in [1.54, 1.807) is 6.20 Å². The summed E-state index contributed by atoms with van der Waals surface area (Å²) < 4.78 is 39.4. The van der Waals surface area contributed by atoms with Gasteiger partial charge in [0.05, 0.1) is 5.56 Å². The maximum atomic E-state index is 12.5. The smallest absolute Gasteiger partial charge is 0.336 e. The third-order valence-corrected chi connectivity index (χ3v) is 3.80. The van der Waals surface area contributed by atoms with Crippen LogP contribution in [0.15, 0.2) is 36.7 Å². The Bertz CT molecular complexity index is 705. The number of carbonyl (C=O) groups is 1. The molecule has 2 aromatic rings. The molecule has 0 bridgehead atoms. The number of amides is 2. The van der Waals surface area contributed by atoms with Crippen LogP contribution in [0.3, 0.4) is 0 Å². The van der Waals surface area contributed by atoms with E-state index >= 15 is 0 Å². The van der Waals surface area contributed by atoms with E-state index in [4.69, 9.17) is 0 Å². The number of hydrogen-bond donors (Lipinski definition) is 2. The molecular formula is C16H17F3N4O. The second kappa shape index (κ2) is 6.54. The molecule has 24 heavy (non-hydrogen) atoms. The largest absolute Gasteiger partial charge is 0.416 e. The van der Waals surface area contributed by atoms with Crippen molar-refractivity contribution in [2.45, 2.75) is 31.5 Å². The summed E-state index contributed by atoms with van der Waals surface area (Å²) in [6.45, 7) is 1.01. The molecule has 1 aliphatic rings. The average Bonchev–Trinajstić information content (AvgIpc) is 3.26. The highest BCUT2D eigenvalue weighted by molar-refractivity contribution is 5.89. The van der Waals surface area contributed by atoms with Crippen LogP contribution in [0, 0.1) is 0 Å². The molecule has 0 unspecified atom stereocenters. The second-order valence-corrected chi connectivity index (χ2v) is 5.71. The van der Waals surface area contributed by atoms with Crippen molar-refractivity contribution in [1.82, 2.24) is 14.9 Å². The van der Waals surface area contributed by atoms with Crippen molar-refractivity contribution in [3.63, 3.8) is 0 Å². The van der Waals surface area contributed by atoms with Crippen LogP contribution >= 0.6 is 0 Å². The summed E-state index contributed by atoms with van der Waals surface area (Å²) in [5.41, 5.74) is -0.442. The Kier molecular flexibility index (Phi) is 4.46. The second-order valence-electron chi connectivity index (χ2n) is 5.71. The molecule has 0 aliphatic heterocycles. The predicted octanol–water partition coefficient (Wildman–Crippen LogP) is 3.60. The Morgan fingerprint density at radius 1 is 1.25 bits per heavy atom. The van der Waals surface area contributed by atoms with E-state index in [0.29, 0.717) is 24.7 Å². The van der Waals surface area contributed by atoms with E-state index in [1.165, 1.54) is 12.1 Å². The van der Waals surface area contributed by atoms with E-state index in [-0.39, 0.29) is 0 Å². The topological polar surface area (TPSA) is 59.0 Å². The highest BCUT2D eigenvalue weighted by Crippen LogP contribution is 2.38. The van der Waals surface area contributed by atoms with Crippen molar-refractivity contribution in [1.29, 1.82) is 0 Å². The average molecular weight is 338 g/mol. The number of anilines is 1. The van der Waals surface area contributed by atoms with Crippen molar-refractivity contribution in [3.05, 3.63) is 48.0 Å². The number of nitrogens with zero attached hydrogens (tertiary/aromatic N) is 2. The number of aromatic nitrogens is 2. The van der Waals surface area contributed by atoms with Crippen LogP contribution in [0.5, 0.6) is 0 Å². The number of alkyl halides is 3. The van der Waals surface area contributed by atoms with Gasteiger partial charge in [-0.15, -0.1) is 0 Å². The van der Waals surface area contributed by atoms with Gasteiger partial charge < -0.3 is 15.2 Å². The normalized spacial score (nSPS) is 14.5. The van der Waals surface area contributed by atoms with Crippen molar-refractivity contribution >= 4 is 11.7 Å². The zero-order valence-corrected chi connectivity index (χ0v) is 12.8. The first kappa shape index (κ1) is 16.4. The van der Waals surface area contributed by atoms with Gasteiger partial charge in [0.25, 0.3) is 0 Å². The third-order valence-electron chi connectivity index (χ3n) is 3.80. The third kappa shape index (κ3) is 4.06. The fourth-order valence-corrected chi connectivity index (χ4v) is 2.42. The Morgan fingerprint density at radius 3 is 2.58 bits per heavy atom. The van der Waals surface area contributed by atoms with Crippen LogP contribution in [0.25, 0.3) is 0 Å².